The lowest BCUT2D eigenvalue weighted by molar-refractivity contribution is 0.322. The third-order valence-electron chi connectivity index (χ3n) is 4.87. The van der Waals surface area contributed by atoms with Crippen molar-refractivity contribution in [3.8, 4) is 28.6 Å². The molecule has 0 unspecified atom stereocenters. The van der Waals surface area contributed by atoms with E-state index in [1.54, 1.807) is 21.3 Å². The summed E-state index contributed by atoms with van der Waals surface area (Å²) in [7, 11) is 4.82. The highest BCUT2D eigenvalue weighted by atomic mass is 16.5. The maximum atomic E-state index is 5.60. The Morgan fingerprint density at radius 3 is 2.20 bits per heavy atom. The summed E-state index contributed by atoms with van der Waals surface area (Å²) in [4.78, 5) is 9.53. The van der Waals surface area contributed by atoms with E-state index < -0.39 is 0 Å². The van der Waals surface area contributed by atoms with Crippen LogP contribution in [0.5, 0.6) is 17.2 Å². The van der Waals surface area contributed by atoms with Crippen molar-refractivity contribution in [1.29, 1.82) is 0 Å². The first kappa shape index (κ1) is 19.5. The van der Waals surface area contributed by atoms with Gasteiger partial charge in [-0.2, -0.15) is 0 Å². The quantitative estimate of drug-likeness (QED) is 0.473. The van der Waals surface area contributed by atoms with Crippen LogP contribution in [0, 0.1) is 0 Å². The minimum Gasteiger partial charge on any atom is -0.493 e. The van der Waals surface area contributed by atoms with E-state index in [0.717, 1.165) is 27.8 Å². The van der Waals surface area contributed by atoms with E-state index >= 15 is 0 Å². The summed E-state index contributed by atoms with van der Waals surface area (Å²) < 4.78 is 16.5. The van der Waals surface area contributed by atoms with Gasteiger partial charge < -0.3 is 19.5 Å². The fourth-order valence-corrected chi connectivity index (χ4v) is 3.41. The highest BCUT2D eigenvalue weighted by molar-refractivity contribution is 5.90. The van der Waals surface area contributed by atoms with Gasteiger partial charge in [0.15, 0.2) is 17.3 Å². The summed E-state index contributed by atoms with van der Waals surface area (Å²) in [6, 6.07) is 21.7. The van der Waals surface area contributed by atoms with Crippen LogP contribution in [0.15, 0.2) is 66.7 Å². The number of benzene rings is 3. The summed E-state index contributed by atoms with van der Waals surface area (Å²) in [5.74, 6) is 3.26. The van der Waals surface area contributed by atoms with Crippen LogP contribution < -0.4 is 19.5 Å². The summed E-state index contributed by atoms with van der Waals surface area (Å²) in [5.41, 5.74) is 2.78. The van der Waals surface area contributed by atoms with Gasteiger partial charge >= 0.3 is 0 Å². The minimum atomic E-state index is 0.499. The van der Waals surface area contributed by atoms with Gasteiger partial charge in [0, 0.05) is 23.1 Å². The van der Waals surface area contributed by atoms with E-state index in [1.165, 1.54) is 0 Å². The molecule has 4 rings (SSSR count). The predicted molar refractivity (Wildman–Crippen MR) is 118 cm³/mol. The Balaban J connectivity index is 1.73. The van der Waals surface area contributed by atoms with Gasteiger partial charge in [0.2, 0.25) is 5.75 Å². The van der Waals surface area contributed by atoms with Crippen LogP contribution >= 0.6 is 0 Å². The molecule has 0 fully saturated rings. The average molecular weight is 401 g/mol. The molecule has 0 atom stereocenters. The van der Waals surface area contributed by atoms with Crippen molar-refractivity contribution in [3.05, 3.63) is 72.3 Å². The number of methoxy groups -OCH3 is 3. The van der Waals surface area contributed by atoms with Crippen LogP contribution in [0.4, 0.5) is 5.82 Å². The fourth-order valence-electron chi connectivity index (χ4n) is 3.41. The average Bonchev–Trinajstić information content (AvgIpc) is 2.82. The number of para-hydroxylation sites is 1. The molecular weight excluding hydrogens is 378 g/mol. The van der Waals surface area contributed by atoms with Gasteiger partial charge in [-0.1, -0.05) is 42.5 Å². The molecule has 6 heteroatoms. The molecule has 3 aromatic carbocycles. The van der Waals surface area contributed by atoms with E-state index in [9.17, 15) is 0 Å². The van der Waals surface area contributed by atoms with Gasteiger partial charge in [0.1, 0.15) is 5.82 Å². The second-order valence-electron chi connectivity index (χ2n) is 6.63. The molecule has 1 heterocycles. The number of ether oxygens (including phenoxy) is 3. The highest BCUT2D eigenvalue weighted by Gasteiger charge is 2.16. The summed E-state index contributed by atoms with van der Waals surface area (Å²) >= 11 is 0. The topological polar surface area (TPSA) is 65.5 Å². The molecule has 0 aliphatic rings. The summed E-state index contributed by atoms with van der Waals surface area (Å²) in [5, 5.41) is 4.41. The number of hydrogen-bond donors (Lipinski definition) is 1. The zero-order chi connectivity index (χ0) is 20.9. The molecular formula is C24H23N3O3. The first-order valence-corrected chi connectivity index (χ1v) is 9.59. The lowest BCUT2D eigenvalue weighted by Crippen LogP contribution is -2.06. The zero-order valence-electron chi connectivity index (χ0n) is 17.2. The van der Waals surface area contributed by atoms with Crippen LogP contribution in [0.25, 0.3) is 22.3 Å². The van der Waals surface area contributed by atoms with Crippen LogP contribution in [-0.4, -0.2) is 31.3 Å². The number of anilines is 1. The van der Waals surface area contributed by atoms with Gasteiger partial charge in [-0.25, -0.2) is 9.97 Å². The van der Waals surface area contributed by atoms with E-state index in [-0.39, 0.29) is 0 Å². The molecule has 0 radical (unpaired) electrons. The van der Waals surface area contributed by atoms with Crippen molar-refractivity contribution in [2.75, 3.05) is 26.6 Å². The molecule has 152 valence electrons. The monoisotopic (exact) mass is 401 g/mol. The maximum Gasteiger partial charge on any atom is 0.203 e. The Kier molecular flexibility index (Phi) is 5.66. The predicted octanol–water partition coefficient (Wildman–Crippen LogP) is 4.93. The number of hydrogen-bond acceptors (Lipinski definition) is 6. The van der Waals surface area contributed by atoms with Crippen LogP contribution in [-0.2, 0) is 6.54 Å². The largest absolute Gasteiger partial charge is 0.493 e. The maximum absolute atomic E-state index is 5.60. The second-order valence-corrected chi connectivity index (χ2v) is 6.63. The molecule has 6 nitrogen and oxygen atoms in total. The molecule has 0 saturated heterocycles. The second kappa shape index (κ2) is 8.69. The van der Waals surface area contributed by atoms with Crippen molar-refractivity contribution < 1.29 is 14.2 Å². The van der Waals surface area contributed by atoms with Crippen LogP contribution in [0.2, 0.25) is 0 Å². The van der Waals surface area contributed by atoms with Crippen molar-refractivity contribution in [3.63, 3.8) is 0 Å². The number of aromatic nitrogens is 2. The molecule has 0 saturated carbocycles. The van der Waals surface area contributed by atoms with Gasteiger partial charge in [-0.15, -0.1) is 0 Å². The first-order chi connectivity index (χ1) is 14.7. The molecule has 0 aliphatic heterocycles. The molecule has 1 aromatic heterocycles. The Bertz CT molecular complexity index is 1160. The van der Waals surface area contributed by atoms with Gasteiger partial charge in [-0.3, -0.25) is 0 Å². The van der Waals surface area contributed by atoms with Crippen molar-refractivity contribution >= 4 is 16.7 Å². The van der Waals surface area contributed by atoms with Crippen LogP contribution in [0.1, 0.15) is 5.56 Å². The van der Waals surface area contributed by atoms with E-state index in [2.05, 4.69) is 5.32 Å². The third kappa shape index (κ3) is 3.72. The number of fused-ring (bicyclic) bond motifs is 1. The summed E-state index contributed by atoms with van der Waals surface area (Å²) in [6.07, 6.45) is 0. The van der Waals surface area contributed by atoms with Crippen molar-refractivity contribution in [1.82, 2.24) is 9.97 Å². The van der Waals surface area contributed by atoms with Gasteiger partial charge in [-0.05, 0) is 24.3 Å². The van der Waals surface area contributed by atoms with Crippen molar-refractivity contribution in [2.45, 2.75) is 6.54 Å². The molecule has 4 aromatic rings. The normalized spacial score (nSPS) is 10.6. The highest BCUT2D eigenvalue weighted by Crippen LogP contribution is 2.40. The SMILES string of the molecule is COc1ccc(CNc2nc(-c3ccccc3)nc3ccccc23)c(OC)c1OC. The van der Waals surface area contributed by atoms with Gasteiger partial charge in [0.05, 0.1) is 26.8 Å². The van der Waals surface area contributed by atoms with Gasteiger partial charge in [0.25, 0.3) is 0 Å². The van der Waals surface area contributed by atoms with Crippen molar-refractivity contribution in [2.24, 2.45) is 0 Å². The zero-order valence-corrected chi connectivity index (χ0v) is 17.2. The number of nitrogens with zero attached hydrogens (tertiary/aromatic N) is 2. The molecule has 1 N–H and O–H groups in total. The van der Waals surface area contributed by atoms with Crippen LogP contribution in [0.3, 0.4) is 0 Å². The van der Waals surface area contributed by atoms with E-state index in [1.807, 2.05) is 66.7 Å². The lowest BCUT2D eigenvalue weighted by Gasteiger charge is -2.17. The fraction of sp³-hybridized carbons (Fsp3) is 0.167. The Morgan fingerprint density at radius 2 is 1.47 bits per heavy atom. The summed E-state index contributed by atoms with van der Waals surface area (Å²) in [6.45, 7) is 0.499. The smallest absolute Gasteiger partial charge is 0.203 e. The standard InChI is InChI=1S/C24H23N3O3/c1-28-20-14-13-17(21(29-2)22(20)30-3)15-25-24-18-11-7-8-12-19(18)26-23(27-24)16-9-5-4-6-10-16/h4-14H,15H2,1-3H3,(H,25,26,27). The molecule has 30 heavy (non-hydrogen) atoms. The molecule has 0 aliphatic carbocycles. The Hall–Kier alpha value is -3.80. The number of nitrogens with one attached hydrogen (secondary N) is 1. The number of rotatable bonds is 7. The Labute approximate surface area is 175 Å². The molecule has 0 bridgehead atoms. The minimum absolute atomic E-state index is 0.499. The first-order valence-electron chi connectivity index (χ1n) is 9.59. The third-order valence-corrected chi connectivity index (χ3v) is 4.87. The molecule has 0 amide bonds. The Morgan fingerprint density at radius 1 is 0.733 bits per heavy atom. The van der Waals surface area contributed by atoms with E-state index in [0.29, 0.717) is 29.6 Å². The van der Waals surface area contributed by atoms with E-state index in [4.69, 9.17) is 24.2 Å². The lowest BCUT2D eigenvalue weighted by atomic mass is 10.1. The molecule has 0 spiro atoms.